The van der Waals surface area contributed by atoms with Gasteiger partial charge in [-0.1, -0.05) is 0 Å². The average Bonchev–Trinajstić information content (AvgIpc) is 2.68. The molecule has 0 fully saturated rings. The van der Waals surface area contributed by atoms with Crippen LogP contribution < -0.4 is 4.72 Å². The summed E-state index contributed by atoms with van der Waals surface area (Å²) < 4.78 is 28.0. The van der Waals surface area contributed by atoms with E-state index in [1.165, 1.54) is 18.5 Å². The Morgan fingerprint density at radius 1 is 1.33 bits per heavy atom. The van der Waals surface area contributed by atoms with Crippen molar-refractivity contribution in [3.63, 3.8) is 0 Å². The van der Waals surface area contributed by atoms with E-state index in [1.807, 2.05) is 0 Å². The molecular weight excluding hydrogens is 302 g/mol. The third-order valence-electron chi connectivity index (χ3n) is 2.88. The second kappa shape index (κ2) is 6.98. The Bertz CT molecular complexity index is 606. The molecule has 0 radical (unpaired) electrons. The number of aryl methyl sites for hydroxylation is 2. The molecule has 0 aliphatic rings. The molecular formula is C11H19N3O6S. The number of carboxylic acid groups (broad SMARTS) is 1. The van der Waals surface area contributed by atoms with Crippen molar-refractivity contribution in [3.8, 4) is 0 Å². The number of rotatable bonds is 8. The first-order chi connectivity index (χ1) is 9.72. The molecule has 9 nitrogen and oxygen atoms in total. The molecule has 0 atom stereocenters. The molecule has 0 unspecified atom stereocenters. The summed E-state index contributed by atoms with van der Waals surface area (Å²) in [4.78, 5) is 10.5. The molecule has 1 aromatic rings. The summed E-state index contributed by atoms with van der Waals surface area (Å²) in [7, 11) is -3.96. The van der Waals surface area contributed by atoms with Gasteiger partial charge in [-0.2, -0.15) is 5.10 Å². The Morgan fingerprint density at radius 2 is 1.90 bits per heavy atom. The highest BCUT2D eigenvalue weighted by Crippen LogP contribution is 2.19. The maximum Gasteiger partial charge on any atom is 0.305 e. The molecule has 10 heteroatoms. The Hall–Kier alpha value is -1.49. The Labute approximate surface area is 122 Å². The van der Waals surface area contributed by atoms with Crippen LogP contribution in [0.15, 0.2) is 4.90 Å². The van der Waals surface area contributed by atoms with E-state index in [9.17, 15) is 13.2 Å². The molecule has 120 valence electrons. The van der Waals surface area contributed by atoms with Crippen LogP contribution in [0.3, 0.4) is 0 Å². The van der Waals surface area contributed by atoms with Gasteiger partial charge in [0.2, 0.25) is 10.0 Å². The van der Waals surface area contributed by atoms with E-state index in [-0.39, 0.29) is 23.6 Å². The summed E-state index contributed by atoms with van der Waals surface area (Å²) in [5.74, 6) is -1.01. The number of aromatic nitrogens is 2. The minimum atomic E-state index is -3.96. The Morgan fingerprint density at radius 3 is 2.38 bits per heavy atom. The number of aliphatic hydroxyl groups is 2. The van der Waals surface area contributed by atoms with Crippen molar-refractivity contribution in [2.75, 3.05) is 13.2 Å². The summed E-state index contributed by atoms with van der Waals surface area (Å²) >= 11 is 0. The van der Waals surface area contributed by atoms with E-state index in [1.54, 1.807) is 0 Å². The number of carboxylic acids is 1. The van der Waals surface area contributed by atoms with Gasteiger partial charge in [-0.05, 0) is 13.8 Å². The molecule has 0 spiro atoms. The zero-order valence-electron chi connectivity index (χ0n) is 11.8. The first kappa shape index (κ1) is 17.6. The highest BCUT2D eigenvalue weighted by atomic mass is 32.2. The fourth-order valence-corrected chi connectivity index (χ4v) is 3.53. The first-order valence-electron chi connectivity index (χ1n) is 6.22. The second-order valence-electron chi connectivity index (χ2n) is 4.55. The summed E-state index contributed by atoms with van der Waals surface area (Å²) in [6.07, 6.45) is -0.176. The van der Waals surface area contributed by atoms with Crippen molar-refractivity contribution in [1.82, 2.24) is 14.5 Å². The van der Waals surface area contributed by atoms with Crippen LogP contribution in [-0.4, -0.2) is 58.7 Å². The van der Waals surface area contributed by atoms with Crippen molar-refractivity contribution >= 4 is 16.0 Å². The maximum atomic E-state index is 12.3. The van der Waals surface area contributed by atoms with Gasteiger partial charge in [0.25, 0.3) is 0 Å². The lowest BCUT2D eigenvalue weighted by atomic mass is 10.4. The van der Waals surface area contributed by atoms with Crippen molar-refractivity contribution in [2.24, 2.45) is 0 Å². The number of hydrogen-bond acceptors (Lipinski definition) is 6. The van der Waals surface area contributed by atoms with Crippen LogP contribution in [0.25, 0.3) is 0 Å². The minimum absolute atomic E-state index is 0.0565. The lowest BCUT2D eigenvalue weighted by Crippen LogP contribution is -2.40. The highest BCUT2D eigenvalue weighted by Gasteiger charge is 2.27. The van der Waals surface area contributed by atoms with Crippen molar-refractivity contribution in [3.05, 3.63) is 11.4 Å². The van der Waals surface area contributed by atoms with Gasteiger partial charge >= 0.3 is 5.97 Å². The van der Waals surface area contributed by atoms with Crippen LogP contribution in [0.2, 0.25) is 0 Å². The van der Waals surface area contributed by atoms with Crippen LogP contribution in [0.4, 0.5) is 0 Å². The Kier molecular flexibility index (Phi) is 5.84. The molecule has 0 saturated heterocycles. The number of aliphatic hydroxyl groups excluding tert-OH is 2. The average molecular weight is 321 g/mol. The third-order valence-corrected chi connectivity index (χ3v) is 4.66. The Balaban J connectivity index is 3.09. The molecule has 0 aromatic carbocycles. The first-order valence-corrected chi connectivity index (χ1v) is 7.71. The molecule has 0 aliphatic heterocycles. The van der Waals surface area contributed by atoms with E-state index >= 15 is 0 Å². The van der Waals surface area contributed by atoms with Crippen molar-refractivity contribution in [2.45, 2.75) is 37.8 Å². The van der Waals surface area contributed by atoms with E-state index < -0.39 is 35.2 Å². The predicted octanol–water partition coefficient (Wildman–Crippen LogP) is -1.39. The van der Waals surface area contributed by atoms with Gasteiger partial charge in [-0.3, -0.25) is 9.48 Å². The number of aliphatic carboxylic acids is 1. The highest BCUT2D eigenvalue weighted by molar-refractivity contribution is 7.89. The van der Waals surface area contributed by atoms with Gasteiger partial charge in [-0.25, -0.2) is 13.1 Å². The van der Waals surface area contributed by atoms with Gasteiger partial charge in [0.15, 0.2) is 0 Å². The topological polar surface area (TPSA) is 142 Å². The van der Waals surface area contributed by atoms with Crippen LogP contribution >= 0.6 is 0 Å². The lowest BCUT2D eigenvalue weighted by molar-refractivity contribution is -0.137. The van der Waals surface area contributed by atoms with Gasteiger partial charge < -0.3 is 15.3 Å². The fraction of sp³-hybridized carbons (Fsp3) is 0.636. The monoisotopic (exact) mass is 321 g/mol. The molecule has 0 saturated carbocycles. The largest absolute Gasteiger partial charge is 0.481 e. The van der Waals surface area contributed by atoms with Gasteiger partial charge in [0, 0.05) is 0 Å². The fourth-order valence-electron chi connectivity index (χ4n) is 1.90. The van der Waals surface area contributed by atoms with Crippen LogP contribution in [-0.2, 0) is 21.4 Å². The van der Waals surface area contributed by atoms with E-state index in [0.29, 0.717) is 5.69 Å². The number of nitrogens with one attached hydrogen (secondary N) is 1. The standard InChI is InChI=1S/C11H19N3O6S/c1-7-11(21(19,20)13-9(5-15)6-16)8(2)14(12-7)4-3-10(17)18/h9,13,15-16H,3-6H2,1-2H3,(H,17,18). The predicted molar refractivity (Wildman–Crippen MR) is 72.2 cm³/mol. The second-order valence-corrected chi connectivity index (χ2v) is 6.20. The lowest BCUT2D eigenvalue weighted by Gasteiger charge is -2.14. The quantitative estimate of drug-likeness (QED) is 0.461. The minimum Gasteiger partial charge on any atom is -0.481 e. The third kappa shape index (κ3) is 4.24. The smallest absolute Gasteiger partial charge is 0.305 e. The molecule has 1 aromatic heterocycles. The molecule has 0 amide bonds. The number of hydrogen-bond donors (Lipinski definition) is 4. The van der Waals surface area contributed by atoms with Crippen LogP contribution in [0.1, 0.15) is 17.8 Å². The van der Waals surface area contributed by atoms with Gasteiger partial charge in [0.05, 0.1) is 43.6 Å². The van der Waals surface area contributed by atoms with Crippen molar-refractivity contribution < 1.29 is 28.5 Å². The summed E-state index contributed by atoms with van der Waals surface area (Å²) in [5, 5.41) is 30.6. The molecule has 1 rings (SSSR count). The summed E-state index contributed by atoms with van der Waals surface area (Å²) in [5.41, 5.74) is 0.524. The molecule has 0 bridgehead atoms. The van der Waals surface area contributed by atoms with Gasteiger partial charge in [0.1, 0.15) is 4.90 Å². The zero-order valence-corrected chi connectivity index (χ0v) is 12.6. The zero-order chi connectivity index (χ0) is 16.2. The molecule has 1 heterocycles. The van der Waals surface area contributed by atoms with Crippen LogP contribution in [0, 0.1) is 13.8 Å². The molecule has 21 heavy (non-hydrogen) atoms. The maximum absolute atomic E-state index is 12.3. The van der Waals surface area contributed by atoms with E-state index in [2.05, 4.69) is 9.82 Å². The normalized spacial score (nSPS) is 12.0. The van der Waals surface area contributed by atoms with Crippen LogP contribution in [0.5, 0.6) is 0 Å². The van der Waals surface area contributed by atoms with E-state index in [0.717, 1.165) is 0 Å². The number of sulfonamides is 1. The SMILES string of the molecule is Cc1nn(CCC(=O)O)c(C)c1S(=O)(=O)NC(CO)CO. The van der Waals surface area contributed by atoms with Crippen molar-refractivity contribution in [1.29, 1.82) is 0 Å². The number of carbonyl (C=O) groups is 1. The number of nitrogens with zero attached hydrogens (tertiary/aromatic N) is 2. The molecule has 4 N–H and O–H groups in total. The summed E-state index contributed by atoms with van der Waals surface area (Å²) in [6.45, 7) is 1.98. The summed E-state index contributed by atoms with van der Waals surface area (Å²) in [6, 6.07) is -1.00. The van der Waals surface area contributed by atoms with E-state index in [4.69, 9.17) is 15.3 Å². The van der Waals surface area contributed by atoms with Gasteiger partial charge in [-0.15, -0.1) is 0 Å². The molecule has 0 aliphatic carbocycles.